The summed E-state index contributed by atoms with van der Waals surface area (Å²) in [5.41, 5.74) is 0. The number of nitrogens with one attached hydrogen (secondary N) is 1. The molecule has 2 aliphatic rings. The summed E-state index contributed by atoms with van der Waals surface area (Å²) in [5, 5.41) is 3.42. The Morgan fingerprint density at radius 3 is 2.60 bits per heavy atom. The lowest BCUT2D eigenvalue weighted by Crippen LogP contribution is -2.33. The van der Waals surface area contributed by atoms with Gasteiger partial charge in [0.25, 0.3) is 0 Å². The van der Waals surface area contributed by atoms with E-state index in [0.29, 0.717) is 0 Å². The molecule has 0 bridgehead atoms. The highest BCUT2D eigenvalue weighted by molar-refractivity contribution is 4.69. The predicted octanol–water partition coefficient (Wildman–Crippen LogP) is 1.43. The number of hydrogen-bond acceptors (Lipinski definition) is 3. The Hall–Kier alpha value is -0.120. The van der Waals surface area contributed by atoms with Crippen LogP contribution < -0.4 is 5.32 Å². The Morgan fingerprint density at radius 1 is 1.07 bits per heavy atom. The third kappa shape index (κ3) is 4.09. The fourth-order valence-electron chi connectivity index (χ4n) is 2.38. The van der Waals surface area contributed by atoms with Crippen LogP contribution in [-0.2, 0) is 9.47 Å². The quantitative estimate of drug-likeness (QED) is 0.766. The zero-order valence-corrected chi connectivity index (χ0v) is 9.54. The number of piperidine rings is 1. The number of ether oxygens (including phenoxy) is 2. The first kappa shape index (κ1) is 11.4. The van der Waals surface area contributed by atoms with E-state index in [2.05, 4.69) is 5.32 Å². The van der Waals surface area contributed by atoms with E-state index in [-0.39, 0.29) is 0 Å². The molecule has 15 heavy (non-hydrogen) atoms. The lowest BCUT2D eigenvalue weighted by atomic mass is 10.00. The van der Waals surface area contributed by atoms with E-state index in [1.165, 1.54) is 32.2 Å². The van der Waals surface area contributed by atoms with Crippen molar-refractivity contribution in [2.75, 3.05) is 39.5 Å². The highest BCUT2D eigenvalue weighted by atomic mass is 16.5. The van der Waals surface area contributed by atoms with Gasteiger partial charge in [-0.15, -0.1) is 0 Å². The van der Waals surface area contributed by atoms with E-state index in [9.17, 15) is 0 Å². The van der Waals surface area contributed by atoms with Crippen molar-refractivity contribution < 1.29 is 9.47 Å². The highest BCUT2D eigenvalue weighted by Crippen LogP contribution is 2.16. The standard InChI is InChI=1S/C12H23NO2/c1-2-12(8-13-5-1)10-15-9-11-3-6-14-7-4-11/h11-13H,1-10H2. The zero-order valence-electron chi connectivity index (χ0n) is 9.54. The van der Waals surface area contributed by atoms with Gasteiger partial charge < -0.3 is 14.8 Å². The van der Waals surface area contributed by atoms with Gasteiger partial charge in [0.2, 0.25) is 0 Å². The Morgan fingerprint density at radius 2 is 1.87 bits per heavy atom. The van der Waals surface area contributed by atoms with Crippen LogP contribution in [0.3, 0.4) is 0 Å². The average molecular weight is 213 g/mol. The van der Waals surface area contributed by atoms with Crippen molar-refractivity contribution in [2.45, 2.75) is 25.7 Å². The topological polar surface area (TPSA) is 30.5 Å². The Balaban J connectivity index is 1.53. The molecule has 2 heterocycles. The molecule has 1 unspecified atom stereocenters. The predicted molar refractivity (Wildman–Crippen MR) is 60.0 cm³/mol. The first-order valence-electron chi connectivity index (χ1n) is 6.31. The molecule has 2 saturated heterocycles. The maximum Gasteiger partial charge on any atom is 0.0506 e. The summed E-state index contributed by atoms with van der Waals surface area (Å²) in [6, 6.07) is 0. The van der Waals surface area contributed by atoms with Crippen LogP contribution in [0.1, 0.15) is 25.7 Å². The van der Waals surface area contributed by atoms with E-state index in [1.54, 1.807) is 0 Å². The second-order valence-corrected chi connectivity index (χ2v) is 4.81. The molecule has 0 aliphatic carbocycles. The van der Waals surface area contributed by atoms with E-state index < -0.39 is 0 Å². The maximum atomic E-state index is 5.82. The zero-order chi connectivity index (χ0) is 10.3. The van der Waals surface area contributed by atoms with Crippen molar-refractivity contribution in [3.63, 3.8) is 0 Å². The van der Waals surface area contributed by atoms with Gasteiger partial charge in [-0.1, -0.05) is 0 Å². The largest absolute Gasteiger partial charge is 0.381 e. The van der Waals surface area contributed by atoms with Crippen molar-refractivity contribution in [1.29, 1.82) is 0 Å². The summed E-state index contributed by atoms with van der Waals surface area (Å²) in [6.45, 7) is 6.09. The SMILES string of the molecule is C1CNCC(COCC2CCOCC2)C1. The van der Waals surface area contributed by atoms with Gasteiger partial charge in [0, 0.05) is 26.4 Å². The second-order valence-electron chi connectivity index (χ2n) is 4.81. The molecule has 0 radical (unpaired) electrons. The van der Waals surface area contributed by atoms with Crippen LogP contribution in [0.25, 0.3) is 0 Å². The van der Waals surface area contributed by atoms with Crippen molar-refractivity contribution in [3.8, 4) is 0 Å². The van der Waals surface area contributed by atoms with Gasteiger partial charge in [0.15, 0.2) is 0 Å². The van der Waals surface area contributed by atoms with Crippen LogP contribution in [0.4, 0.5) is 0 Å². The van der Waals surface area contributed by atoms with E-state index >= 15 is 0 Å². The van der Waals surface area contributed by atoms with Gasteiger partial charge >= 0.3 is 0 Å². The molecule has 2 aliphatic heterocycles. The lowest BCUT2D eigenvalue weighted by Gasteiger charge is -2.25. The van der Waals surface area contributed by atoms with Crippen LogP contribution in [0, 0.1) is 11.8 Å². The summed E-state index contributed by atoms with van der Waals surface area (Å²) in [4.78, 5) is 0. The van der Waals surface area contributed by atoms with Gasteiger partial charge in [-0.25, -0.2) is 0 Å². The molecular weight excluding hydrogens is 190 g/mol. The Labute approximate surface area is 92.5 Å². The van der Waals surface area contributed by atoms with Gasteiger partial charge in [0.1, 0.15) is 0 Å². The van der Waals surface area contributed by atoms with Crippen LogP contribution in [0.5, 0.6) is 0 Å². The highest BCUT2D eigenvalue weighted by Gasteiger charge is 2.16. The van der Waals surface area contributed by atoms with E-state index in [1.807, 2.05) is 0 Å². The number of hydrogen-bond donors (Lipinski definition) is 1. The van der Waals surface area contributed by atoms with Crippen LogP contribution in [0.15, 0.2) is 0 Å². The Bertz CT molecular complexity index is 145. The summed E-state index contributed by atoms with van der Waals surface area (Å²) < 4.78 is 11.1. The molecule has 0 saturated carbocycles. The minimum Gasteiger partial charge on any atom is -0.381 e. The molecule has 0 aromatic heterocycles. The van der Waals surface area contributed by atoms with Gasteiger partial charge in [-0.3, -0.25) is 0 Å². The fraction of sp³-hybridized carbons (Fsp3) is 1.00. The number of rotatable bonds is 4. The molecular formula is C12H23NO2. The Kier molecular flexibility index (Phi) is 4.90. The lowest BCUT2D eigenvalue weighted by molar-refractivity contribution is 0.00920. The molecule has 0 spiro atoms. The molecule has 0 aromatic rings. The fourth-order valence-corrected chi connectivity index (χ4v) is 2.38. The van der Waals surface area contributed by atoms with Crippen molar-refractivity contribution in [1.82, 2.24) is 5.32 Å². The third-order valence-electron chi connectivity index (χ3n) is 3.45. The minimum atomic E-state index is 0.746. The summed E-state index contributed by atoms with van der Waals surface area (Å²) in [5.74, 6) is 1.49. The molecule has 1 N–H and O–H groups in total. The molecule has 2 rings (SSSR count). The monoisotopic (exact) mass is 213 g/mol. The van der Waals surface area contributed by atoms with Crippen molar-refractivity contribution in [3.05, 3.63) is 0 Å². The molecule has 3 nitrogen and oxygen atoms in total. The van der Waals surface area contributed by atoms with Crippen molar-refractivity contribution in [2.24, 2.45) is 11.8 Å². The molecule has 88 valence electrons. The van der Waals surface area contributed by atoms with Gasteiger partial charge in [0.05, 0.1) is 6.61 Å². The maximum absolute atomic E-state index is 5.82. The minimum absolute atomic E-state index is 0.746. The van der Waals surface area contributed by atoms with E-state index in [4.69, 9.17) is 9.47 Å². The van der Waals surface area contributed by atoms with Gasteiger partial charge in [-0.05, 0) is 44.1 Å². The summed E-state index contributed by atoms with van der Waals surface area (Å²) in [7, 11) is 0. The molecule has 3 heteroatoms. The normalized spacial score (nSPS) is 29.2. The van der Waals surface area contributed by atoms with Crippen LogP contribution in [-0.4, -0.2) is 39.5 Å². The second kappa shape index (κ2) is 6.46. The van der Waals surface area contributed by atoms with Crippen molar-refractivity contribution >= 4 is 0 Å². The smallest absolute Gasteiger partial charge is 0.0506 e. The average Bonchev–Trinajstić information content (AvgIpc) is 2.32. The summed E-state index contributed by atoms with van der Waals surface area (Å²) in [6.07, 6.45) is 5.01. The molecule has 1 atom stereocenters. The molecule has 0 amide bonds. The summed E-state index contributed by atoms with van der Waals surface area (Å²) >= 11 is 0. The first-order valence-corrected chi connectivity index (χ1v) is 6.31. The third-order valence-corrected chi connectivity index (χ3v) is 3.45. The molecule has 2 fully saturated rings. The van der Waals surface area contributed by atoms with Crippen LogP contribution in [0.2, 0.25) is 0 Å². The first-order chi connectivity index (χ1) is 7.45. The van der Waals surface area contributed by atoms with Crippen LogP contribution >= 0.6 is 0 Å². The van der Waals surface area contributed by atoms with Gasteiger partial charge in [-0.2, -0.15) is 0 Å². The van der Waals surface area contributed by atoms with E-state index in [0.717, 1.165) is 44.8 Å². The molecule has 0 aromatic carbocycles.